The summed E-state index contributed by atoms with van der Waals surface area (Å²) < 4.78 is 7.11. The number of nitrogens with zero attached hydrogens (tertiary/aromatic N) is 2. The predicted molar refractivity (Wildman–Crippen MR) is 73.7 cm³/mol. The molecule has 0 amide bonds. The van der Waals surface area contributed by atoms with Crippen molar-refractivity contribution >= 4 is 0 Å². The molecule has 0 aliphatic rings. The maximum absolute atomic E-state index is 10.2. The van der Waals surface area contributed by atoms with Gasteiger partial charge in [-0.05, 0) is 18.1 Å². The smallest absolute Gasteiger partial charge is 0.111 e. The molecule has 0 spiro atoms. The van der Waals surface area contributed by atoms with Crippen LogP contribution in [0.5, 0.6) is 0 Å². The monoisotopic (exact) mass is 260 g/mol. The van der Waals surface area contributed by atoms with E-state index in [0.717, 1.165) is 23.5 Å². The molecule has 1 heterocycles. The zero-order valence-corrected chi connectivity index (χ0v) is 11.4. The average molecular weight is 260 g/mol. The van der Waals surface area contributed by atoms with Gasteiger partial charge in [0.05, 0.1) is 12.7 Å². The van der Waals surface area contributed by atoms with Gasteiger partial charge in [-0.25, -0.2) is 4.98 Å². The van der Waals surface area contributed by atoms with E-state index >= 15 is 0 Å². The van der Waals surface area contributed by atoms with Crippen LogP contribution < -0.4 is 0 Å². The third-order valence-electron chi connectivity index (χ3n) is 3.19. The molecular weight excluding hydrogens is 240 g/mol. The van der Waals surface area contributed by atoms with E-state index in [1.807, 2.05) is 35.0 Å². The quantitative estimate of drug-likeness (QED) is 0.867. The molecule has 1 aromatic heterocycles. The van der Waals surface area contributed by atoms with E-state index < -0.39 is 6.10 Å². The largest absolute Gasteiger partial charge is 0.388 e. The normalized spacial score (nSPS) is 12.6. The Labute approximate surface area is 113 Å². The second kappa shape index (κ2) is 6.50. The Kier molecular flexibility index (Phi) is 4.71. The number of benzene rings is 1. The van der Waals surface area contributed by atoms with E-state index in [0.29, 0.717) is 13.0 Å². The van der Waals surface area contributed by atoms with E-state index in [4.69, 9.17) is 4.74 Å². The molecule has 0 bridgehead atoms. The van der Waals surface area contributed by atoms with Gasteiger partial charge in [-0.15, -0.1) is 0 Å². The van der Waals surface area contributed by atoms with Crippen molar-refractivity contribution in [3.05, 3.63) is 53.6 Å². The van der Waals surface area contributed by atoms with Crippen molar-refractivity contribution in [3.8, 4) is 0 Å². The fourth-order valence-corrected chi connectivity index (χ4v) is 2.11. The van der Waals surface area contributed by atoms with Crippen LogP contribution in [0.2, 0.25) is 0 Å². The molecule has 4 nitrogen and oxygen atoms in total. The molecule has 2 rings (SSSR count). The molecule has 1 unspecified atom stereocenters. The van der Waals surface area contributed by atoms with Gasteiger partial charge in [-0.3, -0.25) is 0 Å². The fraction of sp³-hybridized carbons (Fsp3) is 0.400. The topological polar surface area (TPSA) is 47.3 Å². The highest BCUT2D eigenvalue weighted by molar-refractivity contribution is 5.24. The highest BCUT2D eigenvalue weighted by atomic mass is 16.5. The lowest BCUT2D eigenvalue weighted by Gasteiger charge is -2.12. The third kappa shape index (κ3) is 3.43. The van der Waals surface area contributed by atoms with Gasteiger partial charge in [-0.2, -0.15) is 0 Å². The summed E-state index contributed by atoms with van der Waals surface area (Å²) in [6, 6.07) is 7.85. The standard InChI is InChI=1S/C15H20N2O2/c1-3-17-9-8-16-15(17)10-14(18)13-6-4-12(5-7-13)11-19-2/h4-9,14,18H,3,10-11H2,1-2H3. The van der Waals surface area contributed by atoms with Gasteiger partial charge in [0.2, 0.25) is 0 Å². The van der Waals surface area contributed by atoms with Crippen molar-refractivity contribution < 1.29 is 9.84 Å². The summed E-state index contributed by atoms with van der Waals surface area (Å²) >= 11 is 0. The predicted octanol–water partition coefficient (Wildman–Crippen LogP) is 2.33. The molecule has 19 heavy (non-hydrogen) atoms. The zero-order valence-electron chi connectivity index (χ0n) is 11.4. The van der Waals surface area contributed by atoms with Gasteiger partial charge in [-0.1, -0.05) is 24.3 Å². The number of hydrogen-bond acceptors (Lipinski definition) is 3. The van der Waals surface area contributed by atoms with Crippen LogP contribution >= 0.6 is 0 Å². The van der Waals surface area contributed by atoms with Crippen molar-refractivity contribution in [1.29, 1.82) is 0 Å². The zero-order chi connectivity index (χ0) is 13.7. The first-order chi connectivity index (χ1) is 9.24. The molecule has 1 aromatic carbocycles. The van der Waals surface area contributed by atoms with Crippen LogP contribution in [0.3, 0.4) is 0 Å². The molecule has 0 aliphatic carbocycles. The van der Waals surface area contributed by atoms with Crippen LogP contribution in [-0.4, -0.2) is 21.8 Å². The molecule has 2 aromatic rings. The molecule has 102 valence electrons. The molecule has 0 fully saturated rings. The van der Waals surface area contributed by atoms with Crippen molar-refractivity contribution in [2.45, 2.75) is 32.6 Å². The second-order valence-electron chi connectivity index (χ2n) is 4.52. The van der Waals surface area contributed by atoms with Gasteiger partial charge >= 0.3 is 0 Å². The summed E-state index contributed by atoms with van der Waals surface area (Å²) in [7, 11) is 1.67. The number of ether oxygens (including phenoxy) is 1. The van der Waals surface area contributed by atoms with E-state index in [9.17, 15) is 5.11 Å². The number of rotatable bonds is 6. The minimum atomic E-state index is -0.524. The second-order valence-corrected chi connectivity index (χ2v) is 4.52. The summed E-state index contributed by atoms with van der Waals surface area (Å²) in [5.41, 5.74) is 2.01. The van der Waals surface area contributed by atoms with Crippen molar-refractivity contribution in [2.24, 2.45) is 0 Å². The van der Waals surface area contributed by atoms with E-state index in [1.54, 1.807) is 13.3 Å². The number of aliphatic hydroxyl groups is 1. The number of methoxy groups -OCH3 is 1. The number of imidazole rings is 1. The van der Waals surface area contributed by atoms with Crippen LogP contribution in [0.15, 0.2) is 36.7 Å². The van der Waals surface area contributed by atoms with Crippen molar-refractivity contribution in [2.75, 3.05) is 7.11 Å². The number of aryl methyl sites for hydroxylation is 1. The molecule has 1 atom stereocenters. The lowest BCUT2D eigenvalue weighted by molar-refractivity contribution is 0.173. The van der Waals surface area contributed by atoms with Crippen molar-refractivity contribution in [1.82, 2.24) is 9.55 Å². The number of aromatic nitrogens is 2. The lowest BCUT2D eigenvalue weighted by atomic mass is 10.0. The Balaban J connectivity index is 2.05. The SMILES string of the molecule is CCn1ccnc1CC(O)c1ccc(COC)cc1. The van der Waals surface area contributed by atoms with E-state index in [1.165, 1.54) is 0 Å². The van der Waals surface area contributed by atoms with Gasteiger partial charge in [0, 0.05) is 32.5 Å². The first kappa shape index (κ1) is 13.8. The lowest BCUT2D eigenvalue weighted by Crippen LogP contribution is -2.08. The van der Waals surface area contributed by atoms with E-state index in [-0.39, 0.29) is 0 Å². The number of aliphatic hydroxyl groups excluding tert-OH is 1. The van der Waals surface area contributed by atoms with E-state index in [2.05, 4.69) is 11.9 Å². The Bertz CT molecular complexity index is 505. The molecule has 0 saturated heterocycles. The summed E-state index contributed by atoms with van der Waals surface area (Å²) in [5.74, 6) is 0.913. The van der Waals surface area contributed by atoms with Crippen LogP contribution in [0.25, 0.3) is 0 Å². The molecule has 0 aliphatic heterocycles. The summed E-state index contributed by atoms with van der Waals surface area (Å²) in [6.45, 7) is 3.53. The molecule has 1 N–H and O–H groups in total. The fourth-order valence-electron chi connectivity index (χ4n) is 2.11. The van der Waals surface area contributed by atoms with Gasteiger partial charge < -0.3 is 14.4 Å². The summed E-state index contributed by atoms with van der Waals surface area (Å²) in [4.78, 5) is 4.28. The number of hydrogen-bond donors (Lipinski definition) is 1. The third-order valence-corrected chi connectivity index (χ3v) is 3.19. The molecule has 0 saturated carbocycles. The first-order valence-electron chi connectivity index (χ1n) is 6.50. The summed E-state index contributed by atoms with van der Waals surface area (Å²) in [6.07, 6.45) is 3.71. The highest BCUT2D eigenvalue weighted by Gasteiger charge is 2.12. The van der Waals surface area contributed by atoms with Crippen LogP contribution in [0.4, 0.5) is 0 Å². The first-order valence-corrected chi connectivity index (χ1v) is 6.50. The molecular formula is C15H20N2O2. The Hall–Kier alpha value is -1.65. The average Bonchev–Trinajstić information content (AvgIpc) is 2.87. The van der Waals surface area contributed by atoms with Gasteiger partial charge in [0.1, 0.15) is 5.82 Å². The molecule has 0 radical (unpaired) electrons. The van der Waals surface area contributed by atoms with Crippen LogP contribution in [-0.2, 0) is 24.3 Å². The Morgan fingerprint density at radius 2 is 2.05 bits per heavy atom. The Morgan fingerprint density at radius 3 is 2.68 bits per heavy atom. The minimum absolute atomic E-state index is 0.524. The Morgan fingerprint density at radius 1 is 1.32 bits per heavy atom. The van der Waals surface area contributed by atoms with Gasteiger partial charge in [0.25, 0.3) is 0 Å². The van der Waals surface area contributed by atoms with Crippen LogP contribution in [0, 0.1) is 0 Å². The molecule has 4 heteroatoms. The summed E-state index contributed by atoms with van der Waals surface area (Å²) in [5, 5.41) is 10.2. The highest BCUT2D eigenvalue weighted by Crippen LogP contribution is 2.18. The van der Waals surface area contributed by atoms with Crippen LogP contribution in [0.1, 0.15) is 30.0 Å². The maximum Gasteiger partial charge on any atom is 0.111 e. The van der Waals surface area contributed by atoms with Gasteiger partial charge in [0.15, 0.2) is 0 Å². The maximum atomic E-state index is 10.2. The van der Waals surface area contributed by atoms with Crippen molar-refractivity contribution in [3.63, 3.8) is 0 Å². The minimum Gasteiger partial charge on any atom is -0.388 e.